The topological polar surface area (TPSA) is 97.9 Å². The molecule has 0 fully saturated rings. The van der Waals surface area contributed by atoms with Crippen LogP contribution in [0.15, 0.2) is 24.3 Å². The Morgan fingerprint density at radius 3 is 2.48 bits per heavy atom. The van der Waals surface area contributed by atoms with E-state index in [1.54, 1.807) is 34.9 Å². The second-order valence-electron chi connectivity index (χ2n) is 6.52. The van der Waals surface area contributed by atoms with Gasteiger partial charge in [0.1, 0.15) is 11.4 Å². The van der Waals surface area contributed by atoms with Crippen LogP contribution in [0.4, 0.5) is 0 Å². The molecule has 0 spiro atoms. The maximum absolute atomic E-state index is 12.5. The third kappa shape index (κ3) is 5.37. The zero-order chi connectivity index (χ0) is 21.6. The molecule has 156 valence electrons. The number of aryl methyl sites for hydroxylation is 1. The van der Waals surface area contributed by atoms with E-state index in [9.17, 15) is 14.4 Å². The fraction of sp³-hybridized carbons (Fsp3) is 0.381. The van der Waals surface area contributed by atoms with Crippen LogP contribution in [0.1, 0.15) is 44.6 Å². The molecule has 1 heterocycles. The van der Waals surface area contributed by atoms with E-state index >= 15 is 0 Å². The first-order valence-electron chi connectivity index (χ1n) is 9.18. The van der Waals surface area contributed by atoms with Crippen LogP contribution in [0.2, 0.25) is 0 Å². The number of esters is 2. The van der Waals surface area contributed by atoms with E-state index in [2.05, 4.69) is 4.98 Å². The number of rotatable bonds is 8. The number of hydrogen-bond donors (Lipinski definition) is 1. The highest BCUT2D eigenvalue weighted by Crippen LogP contribution is 2.20. The van der Waals surface area contributed by atoms with E-state index < -0.39 is 18.5 Å². The van der Waals surface area contributed by atoms with Crippen LogP contribution in [0, 0.1) is 13.8 Å². The van der Waals surface area contributed by atoms with Crippen LogP contribution in [0.5, 0.6) is 5.75 Å². The van der Waals surface area contributed by atoms with Gasteiger partial charge in [0.05, 0.1) is 19.3 Å². The lowest BCUT2D eigenvalue weighted by Crippen LogP contribution is -2.31. The van der Waals surface area contributed by atoms with Crippen molar-refractivity contribution in [3.8, 4) is 5.75 Å². The minimum Gasteiger partial charge on any atom is -0.497 e. The number of nitrogens with zero attached hydrogens (tertiary/aromatic N) is 1. The highest BCUT2D eigenvalue weighted by molar-refractivity contribution is 5.99. The highest BCUT2D eigenvalue weighted by Gasteiger charge is 2.24. The Morgan fingerprint density at radius 2 is 1.83 bits per heavy atom. The fourth-order valence-electron chi connectivity index (χ4n) is 2.91. The molecule has 1 aromatic carbocycles. The van der Waals surface area contributed by atoms with Gasteiger partial charge >= 0.3 is 11.9 Å². The lowest BCUT2D eigenvalue weighted by Gasteiger charge is -2.17. The zero-order valence-electron chi connectivity index (χ0n) is 17.3. The molecule has 1 amide bonds. The molecule has 2 rings (SSSR count). The van der Waals surface area contributed by atoms with Gasteiger partial charge in [-0.1, -0.05) is 12.1 Å². The zero-order valence-corrected chi connectivity index (χ0v) is 17.3. The van der Waals surface area contributed by atoms with E-state index in [0.29, 0.717) is 23.6 Å². The van der Waals surface area contributed by atoms with Gasteiger partial charge in [0.15, 0.2) is 6.61 Å². The molecule has 0 saturated carbocycles. The van der Waals surface area contributed by atoms with Gasteiger partial charge in [-0.3, -0.25) is 4.79 Å². The van der Waals surface area contributed by atoms with Gasteiger partial charge in [-0.25, -0.2) is 9.59 Å². The molecule has 0 saturated heterocycles. The molecule has 0 aliphatic heterocycles. The Hall–Kier alpha value is -3.29. The van der Waals surface area contributed by atoms with Crippen molar-refractivity contribution in [1.82, 2.24) is 9.88 Å². The molecule has 0 atom stereocenters. The number of H-pyrrole nitrogens is 1. The van der Waals surface area contributed by atoms with Crippen molar-refractivity contribution in [2.45, 2.75) is 27.3 Å². The van der Waals surface area contributed by atoms with E-state index in [4.69, 9.17) is 14.2 Å². The molecule has 0 unspecified atom stereocenters. The van der Waals surface area contributed by atoms with Crippen LogP contribution in [0.25, 0.3) is 0 Å². The lowest BCUT2D eigenvalue weighted by molar-refractivity contribution is -0.133. The summed E-state index contributed by atoms with van der Waals surface area (Å²) in [6.07, 6.45) is 0. The first kappa shape index (κ1) is 22.0. The molecule has 0 aliphatic rings. The van der Waals surface area contributed by atoms with Gasteiger partial charge in [-0.15, -0.1) is 0 Å². The number of amides is 1. The Labute approximate surface area is 169 Å². The second kappa shape index (κ2) is 9.77. The number of methoxy groups -OCH3 is 1. The van der Waals surface area contributed by atoms with Gasteiger partial charge in [0.25, 0.3) is 5.91 Å². The monoisotopic (exact) mass is 402 g/mol. The predicted octanol–water partition coefficient (Wildman–Crippen LogP) is 2.63. The summed E-state index contributed by atoms with van der Waals surface area (Å²) < 4.78 is 15.3. The lowest BCUT2D eigenvalue weighted by atomic mass is 10.1. The molecular formula is C21H26N2O6. The number of hydrogen-bond acceptors (Lipinski definition) is 6. The second-order valence-corrected chi connectivity index (χ2v) is 6.52. The van der Waals surface area contributed by atoms with Crippen molar-refractivity contribution in [2.24, 2.45) is 0 Å². The van der Waals surface area contributed by atoms with Gasteiger partial charge in [-0.05, 0) is 44.0 Å². The standard InChI is InChI=1S/C21H26N2O6/c1-6-28-21(26)19-13(2)18(14(3)22-19)20(25)29-12-17(24)23(4)11-15-8-7-9-16(10-15)27-5/h7-10,22H,6,11-12H2,1-5H3. The molecular weight excluding hydrogens is 376 g/mol. The first-order valence-corrected chi connectivity index (χ1v) is 9.18. The van der Waals surface area contributed by atoms with Crippen LogP contribution < -0.4 is 4.74 Å². The molecule has 0 radical (unpaired) electrons. The summed E-state index contributed by atoms with van der Waals surface area (Å²) in [5, 5.41) is 0. The van der Waals surface area contributed by atoms with E-state index in [1.807, 2.05) is 24.3 Å². The number of ether oxygens (including phenoxy) is 3. The minimum absolute atomic E-state index is 0.206. The van der Waals surface area contributed by atoms with E-state index in [-0.39, 0.29) is 23.8 Å². The van der Waals surface area contributed by atoms with Crippen molar-refractivity contribution >= 4 is 17.8 Å². The van der Waals surface area contributed by atoms with Crippen LogP contribution in [0.3, 0.4) is 0 Å². The number of carbonyl (C=O) groups excluding carboxylic acids is 3. The normalized spacial score (nSPS) is 10.4. The Bertz CT molecular complexity index is 903. The van der Waals surface area contributed by atoms with Gasteiger partial charge in [0.2, 0.25) is 0 Å². The molecule has 8 heteroatoms. The van der Waals surface area contributed by atoms with Crippen LogP contribution in [-0.2, 0) is 20.8 Å². The molecule has 0 bridgehead atoms. The van der Waals surface area contributed by atoms with Crippen molar-refractivity contribution in [3.05, 3.63) is 52.3 Å². The van der Waals surface area contributed by atoms with Gasteiger partial charge in [0, 0.05) is 19.3 Å². The average Bonchev–Trinajstić information content (AvgIpc) is 3.00. The minimum atomic E-state index is -0.671. The number of aromatic amines is 1. The summed E-state index contributed by atoms with van der Waals surface area (Å²) in [5.41, 5.74) is 2.24. The number of nitrogens with one attached hydrogen (secondary N) is 1. The highest BCUT2D eigenvalue weighted by atomic mass is 16.5. The predicted molar refractivity (Wildman–Crippen MR) is 106 cm³/mol. The quantitative estimate of drug-likeness (QED) is 0.682. The average molecular weight is 402 g/mol. The third-order valence-corrected chi connectivity index (χ3v) is 4.43. The molecule has 1 N–H and O–H groups in total. The number of benzene rings is 1. The maximum Gasteiger partial charge on any atom is 0.355 e. The SMILES string of the molecule is CCOC(=O)c1[nH]c(C)c(C(=O)OCC(=O)N(C)Cc2cccc(OC)c2)c1C. The van der Waals surface area contributed by atoms with Crippen LogP contribution in [-0.4, -0.2) is 55.1 Å². The summed E-state index contributed by atoms with van der Waals surface area (Å²) >= 11 is 0. The molecule has 29 heavy (non-hydrogen) atoms. The van der Waals surface area contributed by atoms with Crippen molar-refractivity contribution in [2.75, 3.05) is 27.4 Å². The Morgan fingerprint density at radius 1 is 1.10 bits per heavy atom. The Kier molecular flexibility index (Phi) is 7.41. The third-order valence-electron chi connectivity index (χ3n) is 4.43. The van der Waals surface area contributed by atoms with Crippen LogP contribution >= 0.6 is 0 Å². The fourth-order valence-corrected chi connectivity index (χ4v) is 2.91. The molecule has 2 aromatic rings. The first-order chi connectivity index (χ1) is 13.8. The molecule has 0 aliphatic carbocycles. The molecule has 1 aromatic heterocycles. The summed E-state index contributed by atoms with van der Waals surface area (Å²) in [6.45, 7) is 5.16. The van der Waals surface area contributed by atoms with E-state index in [1.165, 1.54) is 4.90 Å². The maximum atomic E-state index is 12.5. The van der Waals surface area contributed by atoms with Crippen molar-refractivity contribution < 1.29 is 28.6 Å². The molecule has 8 nitrogen and oxygen atoms in total. The number of likely N-dealkylation sites (N-methyl/N-ethyl adjacent to an activating group) is 1. The summed E-state index contributed by atoms with van der Waals surface area (Å²) in [5.74, 6) is -0.862. The number of carbonyl (C=O) groups is 3. The smallest absolute Gasteiger partial charge is 0.355 e. The summed E-state index contributed by atoms with van der Waals surface area (Å²) in [6, 6.07) is 7.37. The van der Waals surface area contributed by atoms with Gasteiger partial charge in [-0.2, -0.15) is 0 Å². The largest absolute Gasteiger partial charge is 0.497 e. The van der Waals surface area contributed by atoms with Crippen molar-refractivity contribution in [3.63, 3.8) is 0 Å². The summed E-state index contributed by atoms with van der Waals surface area (Å²) in [4.78, 5) is 41.1. The van der Waals surface area contributed by atoms with Crippen molar-refractivity contribution in [1.29, 1.82) is 0 Å². The Balaban J connectivity index is 1.99. The number of aromatic nitrogens is 1. The van der Waals surface area contributed by atoms with Gasteiger partial charge < -0.3 is 24.1 Å². The summed E-state index contributed by atoms with van der Waals surface area (Å²) in [7, 11) is 3.20. The van der Waals surface area contributed by atoms with E-state index in [0.717, 1.165) is 5.56 Å².